The van der Waals surface area contributed by atoms with Crippen LogP contribution in [-0.2, 0) is 52.6 Å². The van der Waals surface area contributed by atoms with E-state index in [1.807, 2.05) is 0 Å². The summed E-state index contributed by atoms with van der Waals surface area (Å²) in [7, 11) is -3.22. The number of fused-ring (bicyclic) bond motifs is 2. The number of nitrogens with zero attached hydrogens (tertiary/aromatic N) is 4. The van der Waals surface area contributed by atoms with Gasteiger partial charge >= 0.3 is 31.0 Å². The van der Waals surface area contributed by atoms with Gasteiger partial charge in [-0.25, -0.2) is 18.1 Å². The molecule has 6 rings (SSSR count). The van der Waals surface area contributed by atoms with E-state index < -0.39 is 72.6 Å². The lowest BCUT2D eigenvalue weighted by Crippen LogP contribution is -2.55. The summed E-state index contributed by atoms with van der Waals surface area (Å²) < 4.78 is 61.3. The number of esters is 3. The molecule has 0 aliphatic carbocycles. The molecule has 55 heavy (non-hydrogen) atoms. The summed E-state index contributed by atoms with van der Waals surface area (Å²) in [5.74, 6) is -2.91. The Labute approximate surface area is 316 Å². The lowest BCUT2D eigenvalue weighted by Gasteiger charge is -2.40. The van der Waals surface area contributed by atoms with Crippen molar-refractivity contribution in [3.63, 3.8) is 0 Å². The topological polar surface area (TPSA) is 179 Å². The summed E-state index contributed by atoms with van der Waals surface area (Å²) in [4.78, 5) is 64.2. The first-order valence-electron chi connectivity index (χ1n) is 18.8. The van der Waals surface area contributed by atoms with E-state index in [4.69, 9.17) is 28.0 Å². The Morgan fingerprint density at radius 3 is 2.29 bits per heavy atom. The Balaban J connectivity index is 1.01. The molecule has 15 nitrogen and oxygen atoms in total. The van der Waals surface area contributed by atoms with Crippen LogP contribution in [0.1, 0.15) is 112 Å². The number of ether oxygens (including phenoxy) is 4. The molecule has 1 saturated heterocycles. The standard InChI is InChI=1S/C37H45BF2N4O11/c1-21(45)51-29-20-50-36(35(53-23(3)47)34(29)52-22(2)46)44-19-25(41-42-44)13-8-6-4-5-7-9-15-28(48)30-33(55-38(39)40)27-18-24-12-10-16-43-17-11-14-26(31(24)43)32(27)54-37(30)49/h18-19,29,34-36H,4-17,20H2,1-3H3/t29-,34+,35-,36-/m1/s1. The molecule has 5 heterocycles. The second kappa shape index (κ2) is 17.7. The summed E-state index contributed by atoms with van der Waals surface area (Å²) in [5, 5.41) is 8.60. The molecular formula is C37H45BF2N4O11. The van der Waals surface area contributed by atoms with Gasteiger partial charge < -0.3 is 32.9 Å². The zero-order chi connectivity index (χ0) is 39.2. The summed E-state index contributed by atoms with van der Waals surface area (Å²) in [6, 6.07) is 1.75. The Morgan fingerprint density at radius 1 is 0.909 bits per heavy atom. The molecule has 4 atom stereocenters. The van der Waals surface area contributed by atoms with Crippen LogP contribution in [0.2, 0.25) is 0 Å². The Kier molecular flexibility index (Phi) is 12.8. The summed E-state index contributed by atoms with van der Waals surface area (Å²) in [6.45, 7) is 5.22. The molecule has 296 valence electrons. The summed E-state index contributed by atoms with van der Waals surface area (Å²) in [6.07, 6.45) is 5.54. The minimum Gasteiger partial charge on any atom is -0.504 e. The van der Waals surface area contributed by atoms with Crippen molar-refractivity contribution in [2.24, 2.45) is 0 Å². The Morgan fingerprint density at radius 2 is 1.58 bits per heavy atom. The van der Waals surface area contributed by atoms with Crippen LogP contribution >= 0.6 is 0 Å². The monoisotopic (exact) mass is 770 g/mol. The molecule has 1 aromatic carbocycles. The van der Waals surface area contributed by atoms with Crippen LogP contribution in [0.15, 0.2) is 21.5 Å². The zero-order valence-corrected chi connectivity index (χ0v) is 31.2. The number of ketones is 1. The largest absolute Gasteiger partial charge is 0.796 e. The van der Waals surface area contributed by atoms with Crippen molar-refractivity contribution in [2.75, 3.05) is 24.6 Å². The van der Waals surface area contributed by atoms with Gasteiger partial charge in [-0.2, -0.15) is 0 Å². The van der Waals surface area contributed by atoms with Gasteiger partial charge in [-0.15, -0.1) is 5.10 Å². The number of rotatable bonds is 16. The third kappa shape index (κ3) is 9.34. The van der Waals surface area contributed by atoms with E-state index in [1.54, 1.807) is 12.3 Å². The first kappa shape index (κ1) is 39.8. The number of unbranched alkanes of at least 4 members (excludes halogenated alkanes) is 5. The van der Waals surface area contributed by atoms with Gasteiger partial charge in [0, 0.05) is 51.5 Å². The van der Waals surface area contributed by atoms with Crippen LogP contribution in [0.5, 0.6) is 5.75 Å². The van der Waals surface area contributed by atoms with Crippen molar-refractivity contribution < 1.29 is 55.8 Å². The predicted octanol–water partition coefficient (Wildman–Crippen LogP) is 4.87. The Hall–Kier alpha value is -4.87. The molecule has 18 heteroatoms. The van der Waals surface area contributed by atoms with E-state index >= 15 is 0 Å². The van der Waals surface area contributed by atoms with Crippen LogP contribution in [0.3, 0.4) is 0 Å². The number of halogens is 2. The number of carbonyl (C=O) groups is 4. The SMILES string of the molecule is CC(=O)O[C@@H]1[C@@H](OC(C)=O)[C@H](OC(C)=O)CO[C@H]1n1cc(CCCCCCCCC(=O)c2c(OB(F)F)c3cc4c5c(c3oc2=O)CCCN5CCC4)nn1. The lowest BCUT2D eigenvalue weighted by atomic mass is 9.89. The highest BCUT2D eigenvalue weighted by Gasteiger charge is 2.48. The number of carbonyl (C=O) groups excluding carboxylic acids is 4. The second-order valence-electron chi connectivity index (χ2n) is 14.2. The molecule has 3 aliphatic heterocycles. The fourth-order valence-electron chi connectivity index (χ4n) is 7.86. The van der Waals surface area contributed by atoms with Crippen LogP contribution in [0, 0.1) is 0 Å². The fourth-order valence-corrected chi connectivity index (χ4v) is 7.86. The quantitative estimate of drug-likeness (QED) is 0.0481. The zero-order valence-electron chi connectivity index (χ0n) is 31.2. The number of Topliss-reactive ketones (excluding diaryl/α,β-unsaturated/α-hetero) is 1. The normalized spacial score (nSPS) is 20.4. The van der Waals surface area contributed by atoms with E-state index in [0.717, 1.165) is 74.8 Å². The third-order valence-electron chi connectivity index (χ3n) is 10.1. The van der Waals surface area contributed by atoms with Crippen molar-refractivity contribution in [3.8, 4) is 5.75 Å². The van der Waals surface area contributed by atoms with Crippen molar-refractivity contribution in [3.05, 3.63) is 45.1 Å². The maximum Gasteiger partial charge on any atom is 0.796 e. The van der Waals surface area contributed by atoms with Crippen molar-refractivity contribution in [2.45, 2.75) is 122 Å². The maximum atomic E-state index is 13.7. The van der Waals surface area contributed by atoms with Crippen molar-refractivity contribution in [1.82, 2.24) is 15.0 Å². The maximum absolute atomic E-state index is 13.7. The third-order valence-corrected chi connectivity index (χ3v) is 10.1. The van der Waals surface area contributed by atoms with E-state index in [2.05, 4.69) is 15.2 Å². The number of hydrogen-bond acceptors (Lipinski definition) is 14. The van der Waals surface area contributed by atoms with Crippen LogP contribution in [0.25, 0.3) is 11.0 Å². The number of aryl methyl sites for hydroxylation is 3. The molecule has 3 aliphatic rings. The highest BCUT2D eigenvalue weighted by atomic mass is 19.2. The second-order valence-corrected chi connectivity index (χ2v) is 14.2. The number of aromatic nitrogens is 3. The average Bonchev–Trinajstić information content (AvgIpc) is 3.59. The predicted molar refractivity (Wildman–Crippen MR) is 192 cm³/mol. The highest BCUT2D eigenvalue weighted by Crippen LogP contribution is 2.43. The van der Waals surface area contributed by atoms with E-state index in [-0.39, 0.29) is 24.0 Å². The molecular weight excluding hydrogens is 725 g/mol. The van der Waals surface area contributed by atoms with Crippen LogP contribution < -0.4 is 15.2 Å². The minimum atomic E-state index is -3.22. The average molecular weight is 771 g/mol. The molecule has 0 amide bonds. The van der Waals surface area contributed by atoms with Crippen molar-refractivity contribution >= 4 is 47.8 Å². The van der Waals surface area contributed by atoms with Crippen LogP contribution in [-0.4, -0.2) is 84.2 Å². The molecule has 0 radical (unpaired) electrons. The van der Waals surface area contributed by atoms with Crippen molar-refractivity contribution in [1.29, 1.82) is 0 Å². The molecule has 2 aromatic heterocycles. The fraction of sp³-hybridized carbons (Fsp3) is 0.595. The van der Waals surface area contributed by atoms with Gasteiger partial charge in [0.05, 0.1) is 23.9 Å². The summed E-state index contributed by atoms with van der Waals surface area (Å²) in [5.41, 5.74) is 2.27. The minimum absolute atomic E-state index is 0.0118. The van der Waals surface area contributed by atoms with E-state index in [1.165, 1.54) is 25.5 Å². The molecule has 0 N–H and O–H groups in total. The van der Waals surface area contributed by atoms with Gasteiger partial charge in [0.15, 0.2) is 30.3 Å². The summed E-state index contributed by atoms with van der Waals surface area (Å²) >= 11 is 0. The van der Waals surface area contributed by atoms with Gasteiger partial charge in [-0.05, 0) is 56.6 Å². The Bertz CT molecular complexity index is 1970. The molecule has 3 aromatic rings. The molecule has 0 bridgehead atoms. The first-order valence-corrected chi connectivity index (χ1v) is 18.8. The van der Waals surface area contributed by atoms with Gasteiger partial charge in [0.1, 0.15) is 16.9 Å². The molecule has 0 saturated carbocycles. The van der Waals surface area contributed by atoms with Gasteiger partial charge in [0.25, 0.3) is 0 Å². The van der Waals surface area contributed by atoms with Gasteiger partial charge in [0.2, 0.25) is 0 Å². The molecule has 1 fully saturated rings. The lowest BCUT2D eigenvalue weighted by molar-refractivity contribution is -0.241. The number of hydrogen-bond donors (Lipinski definition) is 0. The number of anilines is 1. The van der Waals surface area contributed by atoms with Crippen LogP contribution in [0.4, 0.5) is 14.3 Å². The molecule has 0 unspecified atom stereocenters. The highest BCUT2D eigenvalue weighted by molar-refractivity contribution is 6.36. The molecule has 0 spiro atoms. The first-order chi connectivity index (χ1) is 26.4. The van der Waals surface area contributed by atoms with E-state index in [0.29, 0.717) is 31.4 Å². The number of benzene rings is 1. The van der Waals surface area contributed by atoms with E-state index in [9.17, 15) is 32.6 Å². The van der Waals surface area contributed by atoms with Gasteiger partial charge in [-0.1, -0.05) is 30.9 Å². The van der Waals surface area contributed by atoms with Gasteiger partial charge in [-0.3, -0.25) is 19.2 Å². The smallest absolute Gasteiger partial charge is 0.504 e.